The molecular weight excluding hydrogens is 374 g/mol. The fourth-order valence-electron chi connectivity index (χ4n) is 4.04. The Bertz CT molecular complexity index is 1080. The first-order valence-corrected chi connectivity index (χ1v) is 10.2. The number of tetrazole rings is 1. The van der Waals surface area contributed by atoms with Crippen LogP contribution < -0.4 is 5.32 Å². The van der Waals surface area contributed by atoms with Gasteiger partial charge in [-0.3, -0.25) is 10.1 Å². The van der Waals surface area contributed by atoms with Crippen molar-refractivity contribution in [2.75, 3.05) is 5.32 Å². The molecule has 1 aliphatic rings. The summed E-state index contributed by atoms with van der Waals surface area (Å²) in [5, 5.41) is 15.8. The van der Waals surface area contributed by atoms with Crippen molar-refractivity contribution in [2.24, 2.45) is 0 Å². The highest BCUT2D eigenvalue weighted by Crippen LogP contribution is 2.46. The van der Waals surface area contributed by atoms with Crippen LogP contribution in [-0.2, 0) is 10.8 Å². The van der Waals surface area contributed by atoms with Gasteiger partial charge in [0.05, 0.1) is 0 Å². The van der Waals surface area contributed by atoms with Gasteiger partial charge in [-0.05, 0) is 63.3 Å². The van der Waals surface area contributed by atoms with Gasteiger partial charge in [0.15, 0.2) is 0 Å². The fourth-order valence-corrected chi connectivity index (χ4v) is 4.04. The van der Waals surface area contributed by atoms with Crippen molar-refractivity contribution < 1.29 is 4.79 Å². The van der Waals surface area contributed by atoms with Crippen LogP contribution in [0.2, 0.25) is 0 Å². The molecule has 1 amide bonds. The Balaban J connectivity index is 1.51. The van der Waals surface area contributed by atoms with Crippen molar-refractivity contribution in [2.45, 2.75) is 51.4 Å². The van der Waals surface area contributed by atoms with Crippen LogP contribution in [0.5, 0.6) is 0 Å². The van der Waals surface area contributed by atoms with Crippen LogP contribution in [0.4, 0.5) is 5.95 Å². The number of fused-ring (bicyclic) bond motifs is 1. The SMILES string of the molecule is CC1(C)CCC(C)(C)c2cc(C=Cc3ccc(C(=O)Nc4nn[nH]n4)cc3)ccc21. The molecule has 0 spiro atoms. The highest BCUT2D eigenvalue weighted by molar-refractivity contribution is 6.03. The van der Waals surface area contributed by atoms with Gasteiger partial charge < -0.3 is 0 Å². The van der Waals surface area contributed by atoms with Gasteiger partial charge in [0, 0.05) is 5.56 Å². The molecule has 0 saturated carbocycles. The third-order valence-corrected chi connectivity index (χ3v) is 6.09. The van der Waals surface area contributed by atoms with Crippen molar-refractivity contribution in [3.05, 3.63) is 70.3 Å². The highest BCUT2D eigenvalue weighted by atomic mass is 16.1. The molecule has 0 radical (unpaired) electrons. The fraction of sp³-hybridized carbons (Fsp3) is 0.333. The predicted molar refractivity (Wildman–Crippen MR) is 119 cm³/mol. The summed E-state index contributed by atoms with van der Waals surface area (Å²) in [5.41, 5.74) is 6.10. The van der Waals surface area contributed by atoms with Crippen molar-refractivity contribution >= 4 is 24.0 Å². The summed E-state index contributed by atoms with van der Waals surface area (Å²) >= 11 is 0. The van der Waals surface area contributed by atoms with E-state index in [1.54, 1.807) is 12.1 Å². The molecule has 2 aromatic carbocycles. The summed E-state index contributed by atoms with van der Waals surface area (Å²) in [4.78, 5) is 12.2. The minimum atomic E-state index is -0.272. The third-order valence-electron chi connectivity index (χ3n) is 6.09. The number of hydrogen-bond donors (Lipinski definition) is 2. The first-order valence-electron chi connectivity index (χ1n) is 10.2. The van der Waals surface area contributed by atoms with E-state index < -0.39 is 0 Å². The number of benzene rings is 2. The van der Waals surface area contributed by atoms with Gasteiger partial charge in [-0.1, -0.05) is 75.3 Å². The molecule has 0 fully saturated rings. The van der Waals surface area contributed by atoms with Gasteiger partial charge in [0.25, 0.3) is 11.9 Å². The van der Waals surface area contributed by atoms with E-state index in [4.69, 9.17) is 0 Å². The molecule has 0 bridgehead atoms. The van der Waals surface area contributed by atoms with Crippen molar-refractivity contribution in [3.8, 4) is 0 Å². The number of anilines is 1. The van der Waals surface area contributed by atoms with Gasteiger partial charge in [0.2, 0.25) is 0 Å². The summed E-state index contributed by atoms with van der Waals surface area (Å²) in [7, 11) is 0. The van der Waals surface area contributed by atoms with Crippen LogP contribution >= 0.6 is 0 Å². The maximum Gasteiger partial charge on any atom is 0.270 e. The van der Waals surface area contributed by atoms with Crippen molar-refractivity contribution in [1.82, 2.24) is 20.6 Å². The second-order valence-corrected chi connectivity index (χ2v) is 9.22. The van der Waals surface area contributed by atoms with E-state index in [0.717, 1.165) is 5.56 Å². The zero-order valence-corrected chi connectivity index (χ0v) is 17.9. The quantitative estimate of drug-likeness (QED) is 0.605. The number of hydrogen-bond acceptors (Lipinski definition) is 4. The average Bonchev–Trinajstić information content (AvgIpc) is 3.23. The van der Waals surface area contributed by atoms with E-state index in [-0.39, 0.29) is 22.7 Å². The highest BCUT2D eigenvalue weighted by Gasteiger charge is 2.36. The first-order chi connectivity index (χ1) is 14.2. The molecule has 6 nitrogen and oxygen atoms in total. The predicted octanol–water partition coefficient (Wildman–Crippen LogP) is 4.97. The summed E-state index contributed by atoms with van der Waals surface area (Å²) in [6.45, 7) is 9.36. The summed E-state index contributed by atoms with van der Waals surface area (Å²) in [5.74, 6) is -0.117. The van der Waals surface area contributed by atoms with Crippen molar-refractivity contribution in [3.63, 3.8) is 0 Å². The normalized spacial score (nSPS) is 16.9. The summed E-state index contributed by atoms with van der Waals surface area (Å²) in [6.07, 6.45) is 6.62. The molecule has 4 rings (SSSR count). The molecule has 1 aliphatic carbocycles. The van der Waals surface area contributed by atoms with Crippen LogP contribution in [0, 0.1) is 0 Å². The van der Waals surface area contributed by atoms with E-state index in [1.165, 1.54) is 29.5 Å². The lowest BCUT2D eigenvalue weighted by Crippen LogP contribution is -2.33. The Kier molecular flexibility index (Phi) is 5.02. The van der Waals surface area contributed by atoms with E-state index in [9.17, 15) is 4.79 Å². The minimum absolute atomic E-state index is 0.155. The van der Waals surface area contributed by atoms with E-state index in [0.29, 0.717) is 5.56 Å². The molecule has 6 heteroatoms. The molecule has 0 saturated heterocycles. The Labute approximate surface area is 176 Å². The van der Waals surface area contributed by atoms with Gasteiger partial charge >= 0.3 is 0 Å². The smallest absolute Gasteiger partial charge is 0.270 e. The number of aromatic nitrogens is 4. The number of carbonyl (C=O) groups is 1. The number of aromatic amines is 1. The Morgan fingerprint density at radius 3 is 2.23 bits per heavy atom. The number of carbonyl (C=O) groups excluding carboxylic acids is 1. The Hall–Kier alpha value is -3.28. The second kappa shape index (κ2) is 7.52. The lowest BCUT2D eigenvalue weighted by atomic mass is 9.63. The number of nitrogens with one attached hydrogen (secondary N) is 2. The van der Waals surface area contributed by atoms with Gasteiger partial charge in [-0.15, -0.1) is 5.10 Å². The Morgan fingerprint density at radius 1 is 0.933 bits per heavy atom. The van der Waals surface area contributed by atoms with Gasteiger partial charge in [0.1, 0.15) is 0 Å². The number of rotatable bonds is 4. The lowest BCUT2D eigenvalue weighted by molar-refractivity contribution is 0.102. The lowest BCUT2D eigenvalue weighted by Gasteiger charge is -2.42. The molecule has 0 aliphatic heterocycles. The number of nitrogens with zero attached hydrogens (tertiary/aromatic N) is 3. The third kappa shape index (κ3) is 4.03. The molecule has 1 aromatic heterocycles. The van der Waals surface area contributed by atoms with Crippen molar-refractivity contribution in [1.29, 1.82) is 0 Å². The average molecular weight is 402 g/mol. The first kappa shape index (κ1) is 20.0. The van der Waals surface area contributed by atoms with Crippen LogP contribution in [0.1, 0.15) is 73.1 Å². The van der Waals surface area contributed by atoms with E-state index >= 15 is 0 Å². The van der Waals surface area contributed by atoms with Crippen LogP contribution in [0.3, 0.4) is 0 Å². The topological polar surface area (TPSA) is 83.6 Å². The molecule has 1 heterocycles. The molecule has 30 heavy (non-hydrogen) atoms. The maximum absolute atomic E-state index is 12.2. The number of amides is 1. The van der Waals surface area contributed by atoms with E-state index in [2.05, 4.69) is 84.0 Å². The molecule has 0 atom stereocenters. The monoisotopic (exact) mass is 401 g/mol. The standard InChI is InChI=1S/C24H27N5O/c1-23(2)13-14-24(3,4)20-15-17(9-12-19(20)23)6-5-16-7-10-18(11-8-16)21(30)25-22-26-28-29-27-22/h5-12,15H,13-14H2,1-4H3,(H2,25,26,27,28,29,30). The molecule has 3 aromatic rings. The molecule has 2 N–H and O–H groups in total. The molecule has 0 unspecified atom stereocenters. The molecular formula is C24H27N5O. The largest absolute Gasteiger partial charge is 0.288 e. The van der Waals surface area contributed by atoms with E-state index in [1.807, 2.05) is 12.1 Å². The van der Waals surface area contributed by atoms with Crippen LogP contribution in [0.25, 0.3) is 12.2 Å². The minimum Gasteiger partial charge on any atom is -0.288 e. The second-order valence-electron chi connectivity index (χ2n) is 9.22. The summed E-state index contributed by atoms with van der Waals surface area (Å²) in [6, 6.07) is 14.2. The zero-order chi connectivity index (χ0) is 21.4. The van der Waals surface area contributed by atoms with Crippen LogP contribution in [-0.4, -0.2) is 26.5 Å². The summed E-state index contributed by atoms with van der Waals surface area (Å²) < 4.78 is 0. The number of H-pyrrole nitrogens is 1. The van der Waals surface area contributed by atoms with Gasteiger partial charge in [-0.25, -0.2) is 0 Å². The van der Waals surface area contributed by atoms with Crippen LogP contribution in [0.15, 0.2) is 42.5 Å². The van der Waals surface area contributed by atoms with Gasteiger partial charge in [-0.2, -0.15) is 5.21 Å². The maximum atomic E-state index is 12.2. The zero-order valence-electron chi connectivity index (χ0n) is 17.9. The Morgan fingerprint density at radius 2 is 1.57 bits per heavy atom. The molecule has 154 valence electrons.